The van der Waals surface area contributed by atoms with E-state index in [0.29, 0.717) is 15.9 Å². The lowest BCUT2D eigenvalue weighted by atomic mass is 10.2. The molecule has 1 unspecified atom stereocenters. The van der Waals surface area contributed by atoms with Crippen LogP contribution in [0.1, 0.15) is 6.92 Å². The number of rotatable bonds is 5. The van der Waals surface area contributed by atoms with Crippen LogP contribution in [-0.2, 0) is 4.79 Å². The lowest BCUT2D eigenvalue weighted by Gasteiger charge is -2.14. The third-order valence-electron chi connectivity index (χ3n) is 3.20. The van der Waals surface area contributed by atoms with Crippen molar-refractivity contribution >= 4 is 34.0 Å². The van der Waals surface area contributed by atoms with Crippen LogP contribution in [0.4, 0.5) is 5.13 Å². The number of carbonyl (C=O) groups excluding carboxylic acids is 1. The van der Waals surface area contributed by atoms with Gasteiger partial charge in [0.15, 0.2) is 11.2 Å². The van der Waals surface area contributed by atoms with Gasteiger partial charge in [-0.1, -0.05) is 23.7 Å². The molecule has 0 radical (unpaired) electrons. The molecule has 122 valence electrons. The highest BCUT2D eigenvalue weighted by molar-refractivity contribution is 7.14. The first-order valence-corrected chi connectivity index (χ1v) is 8.47. The fourth-order valence-corrected chi connectivity index (χ4v) is 2.87. The Morgan fingerprint density at radius 3 is 2.88 bits per heavy atom. The summed E-state index contributed by atoms with van der Waals surface area (Å²) in [5, 5.41) is 5.59. The van der Waals surface area contributed by atoms with E-state index in [2.05, 4.69) is 15.3 Å². The van der Waals surface area contributed by atoms with Crippen molar-refractivity contribution in [1.29, 1.82) is 0 Å². The molecule has 0 aliphatic rings. The number of halogens is 1. The molecule has 0 aliphatic carbocycles. The fraction of sp³-hybridized carbons (Fsp3) is 0.118. The van der Waals surface area contributed by atoms with Crippen LogP contribution in [0.15, 0.2) is 54.2 Å². The van der Waals surface area contributed by atoms with Crippen molar-refractivity contribution in [2.45, 2.75) is 13.0 Å². The molecular weight excluding hydrogens is 346 g/mol. The van der Waals surface area contributed by atoms with E-state index in [4.69, 9.17) is 16.3 Å². The predicted molar refractivity (Wildman–Crippen MR) is 95.5 cm³/mol. The van der Waals surface area contributed by atoms with Crippen LogP contribution >= 0.6 is 22.9 Å². The molecule has 0 bridgehead atoms. The van der Waals surface area contributed by atoms with Gasteiger partial charge in [0.25, 0.3) is 5.91 Å². The Labute approximate surface area is 148 Å². The van der Waals surface area contributed by atoms with Gasteiger partial charge in [-0.2, -0.15) is 0 Å². The van der Waals surface area contributed by atoms with Crippen LogP contribution in [-0.4, -0.2) is 22.0 Å². The van der Waals surface area contributed by atoms with Gasteiger partial charge >= 0.3 is 0 Å². The predicted octanol–water partition coefficient (Wildman–Crippen LogP) is 4.26. The summed E-state index contributed by atoms with van der Waals surface area (Å²) in [7, 11) is 0. The maximum atomic E-state index is 12.2. The Bertz CT molecular complexity index is 839. The highest BCUT2D eigenvalue weighted by atomic mass is 35.5. The SMILES string of the molecule is CC(Oc1ccccc1Cl)C(=O)Nc1nc(-c2cccnc2)cs1. The Morgan fingerprint density at radius 1 is 1.29 bits per heavy atom. The molecule has 0 saturated carbocycles. The fourth-order valence-electron chi connectivity index (χ4n) is 1.97. The third kappa shape index (κ3) is 3.90. The van der Waals surface area contributed by atoms with E-state index in [1.807, 2.05) is 17.5 Å². The summed E-state index contributed by atoms with van der Waals surface area (Å²) in [6.45, 7) is 1.66. The molecule has 1 N–H and O–H groups in total. The summed E-state index contributed by atoms with van der Waals surface area (Å²) in [6.07, 6.45) is 2.73. The average molecular weight is 360 g/mol. The average Bonchev–Trinajstić information content (AvgIpc) is 3.06. The number of para-hydroxylation sites is 1. The molecule has 3 rings (SSSR count). The molecule has 1 atom stereocenters. The van der Waals surface area contributed by atoms with Gasteiger partial charge in [-0.25, -0.2) is 4.98 Å². The zero-order valence-electron chi connectivity index (χ0n) is 12.8. The molecular formula is C17H14ClN3O2S. The largest absolute Gasteiger partial charge is 0.479 e. The van der Waals surface area contributed by atoms with E-state index in [0.717, 1.165) is 11.3 Å². The molecule has 0 fully saturated rings. The number of hydrogen-bond donors (Lipinski definition) is 1. The third-order valence-corrected chi connectivity index (χ3v) is 4.27. The molecule has 1 aromatic carbocycles. The summed E-state index contributed by atoms with van der Waals surface area (Å²) in [5.41, 5.74) is 1.66. The number of aromatic nitrogens is 2. The van der Waals surface area contributed by atoms with E-state index in [1.165, 1.54) is 11.3 Å². The van der Waals surface area contributed by atoms with Crippen LogP contribution in [0.5, 0.6) is 5.75 Å². The van der Waals surface area contributed by atoms with E-state index < -0.39 is 6.10 Å². The second-order valence-corrected chi connectivity index (χ2v) is 6.22. The van der Waals surface area contributed by atoms with Crippen LogP contribution in [0.3, 0.4) is 0 Å². The van der Waals surface area contributed by atoms with Crippen LogP contribution in [0.2, 0.25) is 5.02 Å². The van der Waals surface area contributed by atoms with Crippen molar-refractivity contribution in [1.82, 2.24) is 9.97 Å². The van der Waals surface area contributed by atoms with Gasteiger partial charge < -0.3 is 4.74 Å². The number of ether oxygens (including phenoxy) is 1. The van der Waals surface area contributed by atoms with Gasteiger partial charge in [-0.15, -0.1) is 11.3 Å². The first-order chi connectivity index (χ1) is 11.6. The quantitative estimate of drug-likeness (QED) is 0.739. The Hall–Kier alpha value is -2.44. The highest BCUT2D eigenvalue weighted by Gasteiger charge is 2.17. The van der Waals surface area contributed by atoms with E-state index in [1.54, 1.807) is 43.6 Å². The molecule has 0 saturated heterocycles. The minimum Gasteiger partial charge on any atom is -0.479 e. The molecule has 2 heterocycles. The standard InChI is InChI=1S/C17H14ClN3O2S/c1-11(23-15-7-3-2-6-13(15)18)16(22)21-17-20-14(10-24-17)12-5-4-8-19-9-12/h2-11H,1H3,(H,20,21,22). The zero-order valence-corrected chi connectivity index (χ0v) is 14.3. The van der Waals surface area contributed by atoms with E-state index in [-0.39, 0.29) is 5.91 Å². The molecule has 5 nitrogen and oxygen atoms in total. The Kier molecular flexibility index (Phi) is 5.08. The summed E-state index contributed by atoms with van der Waals surface area (Å²) in [5.74, 6) is 0.180. The molecule has 0 aliphatic heterocycles. The molecule has 24 heavy (non-hydrogen) atoms. The number of carbonyl (C=O) groups is 1. The van der Waals surface area contributed by atoms with Crippen molar-refractivity contribution in [2.24, 2.45) is 0 Å². The summed E-state index contributed by atoms with van der Waals surface area (Å²) >= 11 is 7.38. The summed E-state index contributed by atoms with van der Waals surface area (Å²) in [6, 6.07) is 10.8. The maximum Gasteiger partial charge on any atom is 0.266 e. The molecule has 7 heteroatoms. The van der Waals surface area contributed by atoms with Gasteiger partial charge in [-0.05, 0) is 31.2 Å². The molecule has 0 spiro atoms. The van der Waals surface area contributed by atoms with Gasteiger partial charge in [-0.3, -0.25) is 15.1 Å². The van der Waals surface area contributed by atoms with Crippen LogP contribution in [0, 0.1) is 0 Å². The number of thiazole rings is 1. The van der Waals surface area contributed by atoms with Gasteiger partial charge in [0.05, 0.1) is 10.7 Å². The van der Waals surface area contributed by atoms with E-state index in [9.17, 15) is 4.79 Å². The van der Waals surface area contributed by atoms with Crippen LogP contribution in [0.25, 0.3) is 11.3 Å². The van der Waals surface area contributed by atoms with Crippen molar-refractivity contribution in [3.05, 3.63) is 59.2 Å². The molecule has 2 aromatic heterocycles. The number of amides is 1. The van der Waals surface area contributed by atoms with Gasteiger partial charge in [0.1, 0.15) is 5.75 Å². The van der Waals surface area contributed by atoms with Gasteiger partial charge in [0, 0.05) is 23.3 Å². The first kappa shape index (κ1) is 16.4. The van der Waals surface area contributed by atoms with E-state index >= 15 is 0 Å². The Morgan fingerprint density at radius 2 is 2.12 bits per heavy atom. The van der Waals surface area contributed by atoms with Gasteiger partial charge in [0.2, 0.25) is 0 Å². The molecule has 3 aromatic rings. The summed E-state index contributed by atoms with van der Waals surface area (Å²) < 4.78 is 5.59. The van der Waals surface area contributed by atoms with Crippen molar-refractivity contribution < 1.29 is 9.53 Å². The molecule has 1 amide bonds. The number of nitrogens with zero attached hydrogens (tertiary/aromatic N) is 2. The minimum atomic E-state index is -0.698. The number of pyridine rings is 1. The lowest BCUT2D eigenvalue weighted by molar-refractivity contribution is -0.122. The minimum absolute atomic E-state index is 0.290. The normalized spacial score (nSPS) is 11.8. The second-order valence-electron chi connectivity index (χ2n) is 4.96. The maximum absolute atomic E-state index is 12.2. The van der Waals surface area contributed by atoms with Crippen molar-refractivity contribution in [3.63, 3.8) is 0 Å². The topological polar surface area (TPSA) is 64.1 Å². The highest BCUT2D eigenvalue weighted by Crippen LogP contribution is 2.26. The monoisotopic (exact) mass is 359 g/mol. The summed E-state index contributed by atoms with van der Waals surface area (Å²) in [4.78, 5) is 20.7. The number of nitrogens with one attached hydrogen (secondary N) is 1. The number of hydrogen-bond acceptors (Lipinski definition) is 5. The van der Waals surface area contributed by atoms with Crippen molar-refractivity contribution in [2.75, 3.05) is 5.32 Å². The smallest absolute Gasteiger partial charge is 0.266 e. The van der Waals surface area contributed by atoms with Crippen molar-refractivity contribution in [3.8, 4) is 17.0 Å². The lowest BCUT2D eigenvalue weighted by Crippen LogP contribution is -2.30. The number of anilines is 1. The first-order valence-electron chi connectivity index (χ1n) is 7.21. The zero-order chi connectivity index (χ0) is 16.9. The van der Waals surface area contributed by atoms with Crippen LogP contribution < -0.4 is 10.1 Å². The number of benzene rings is 1. The second kappa shape index (κ2) is 7.42. The Balaban J connectivity index is 1.65.